The molecule has 3 fully saturated rings. The minimum atomic E-state index is -0.486. The van der Waals surface area contributed by atoms with Gasteiger partial charge in [-0.1, -0.05) is 36.3 Å². The summed E-state index contributed by atoms with van der Waals surface area (Å²) in [4.78, 5) is 25.8. The van der Waals surface area contributed by atoms with Gasteiger partial charge in [0.2, 0.25) is 0 Å². The molecule has 2 aromatic carbocycles. The number of aromatic nitrogens is 3. The highest BCUT2D eigenvalue weighted by molar-refractivity contribution is 6.03. The quantitative estimate of drug-likeness (QED) is 0.263. The number of hydrogen-bond acceptors (Lipinski definition) is 8. The zero-order valence-corrected chi connectivity index (χ0v) is 27.2. The number of nitrogen functional groups attached to an aromatic ring is 1. The normalized spacial score (nSPS) is 20.6. The Morgan fingerprint density at radius 3 is 2.30 bits per heavy atom. The van der Waals surface area contributed by atoms with Crippen molar-refractivity contribution in [3.63, 3.8) is 0 Å². The summed E-state index contributed by atoms with van der Waals surface area (Å²) in [6.07, 6.45) is 4.09. The number of fused-ring (bicyclic) bond motifs is 1. The summed E-state index contributed by atoms with van der Waals surface area (Å²) < 4.78 is 13.8. The van der Waals surface area contributed by atoms with E-state index in [4.69, 9.17) is 15.2 Å². The molecule has 47 heavy (non-hydrogen) atoms. The summed E-state index contributed by atoms with van der Waals surface area (Å²) in [6.45, 7) is 8.91. The Kier molecular flexibility index (Phi) is 8.28. The molecule has 0 atom stereocenters. The highest BCUT2D eigenvalue weighted by atomic mass is 16.6. The topological polar surface area (TPSA) is 119 Å². The zero-order chi connectivity index (χ0) is 32.7. The summed E-state index contributed by atoms with van der Waals surface area (Å²) in [5, 5.41) is 11.0. The molecule has 2 saturated heterocycles. The number of nitrogens with zero attached hydrogens (tertiary/aromatic N) is 5. The number of likely N-dealkylation sites (tertiary alicyclic amines) is 2. The lowest BCUT2D eigenvalue weighted by molar-refractivity contribution is 0.00411. The van der Waals surface area contributed by atoms with Crippen LogP contribution in [0.2, 0.25) is 0 Å². The van der Waals surface area contributed by atoms with Crippen molar-refractivity contribution >= 4 is 22.9 Å². The van der Waals surface area contributed by atoms with Gasteiger partial charge in [0.25, 0.3) is 0 Å². The number of aliphatic hydroxyl groups is 1. The summed E-state index contributed by atoms with van der Waals surface area (Å²) in [7, 11) is 0. The number of carbonyl (C=O) groups excluding carboxylic acids is 1. The molecule has 1 aliphatic carbocycles. The number of benzene rings is 2. The summed E-state index contributed by atoms with van der Waals surface area (Å²) in [5.74, 6) is 9.28. The maximum absolute atomic E-state index is 12.5. The van der Waals surface area contributed by atoms with Crippen LogP contribution in [-0.2, 0) is 4.74 Å². The van der Waals surface area contributed by atoms with E-state index < -0.39 is 5.60 Å². The molecule has 0 bridgehead atoms. The van der Waals surface area contributed by atoms with Crippen molar-refractivity contribution in [2.24, 2.45) is 5.92 Å². The van der Waals surface area contributed by atoms with Crippen LogP contribution in [0.15, 0.2) is 60.9 Å². The highest BCUT2D eigenvalue weighted by Gasteiger charge is 2.36. The van der Waals surface area contributed by atoms with Crippen molar-refractivity contribution in [2.75, 3.05) is 31.9 Å². The Morgan fingerprint density at radius 1 is 0.957 bits per heavy atom. The Balaban J connectivity index is 1.12. The third-order valence-electron chi connectivity index (χ3n) is 9.32. The number of amides is 1. The number of piperidine rings is 1. The molecule has 1 saturated carbocycles. The maximum atomic E-state index is 12.5. The van der Waals surface area contributed by atoms with Crippen LogP contribution in [0.25, 0.3) is 22.2 Å². The first-order chi connectivity index (χ1) is 22.6. The molecule has 10 heteroatoms. The molecule has 1 amide bonds. The van der Waals surface area contributed by atoms with Crippen LogP contribution >= 0.6 is 0 Å². The van der Waals surface area contributed by atoms with Gasteiger partial charge in [0, 0.05) is 49.7 Å². The van der Waals surface area contributed by atoms with Crippen LogP contribution in [0.4, 0.5) is 10.6 Å². The van der Waals surface area contributed by atoms with Gasteiger partial charge in [-0.3, -0.25) is 4.90 Å². The summed E-state index contributed by atoms with van der Waals surface area (Å²) in [6, 6.07) is 18.2. The Hall–Kier alpha value is -4.59. The van der Waals surface area contributed by atoms with Crippen LogP contribution in [0.1, 0.15) is 58.2 Å². The minimum Gasteiger partial charge on any atom is -0.457 e. The molecule has 0 radical (unpaired) electrons. The molecule has 2 aliphatic heterocycles. The standard InChI is InChI=1S/C37H42N6O4/c1-37(2,3)47-36(45)41-17-15-26(16-18-41)42-21-24(22-42)9-14-31-32(25-10-12-30(13-11-25)46-29-7-5-4-6-8-29)33-34(38)39-23-40-35(33)43(31)27-19-28(44)20-27/h4-8,10-13,23-24,26-28,44H,15-22H2,1-3H3,(H2,38,39,40). The van der Waals surface area contributed by atoms with Gasteiger partial charge in [0.15, 0.2) is 0 Å². The van der Waals surface area contributed by atoms with Crippen molar-refractivity contribution in [2.45, 2.75) is 70.2 Å². The lowest BCUT2D eigenvalue weighted by Crippen LogP contribution is -2.55. The SMILES string of the molecule is CC(C)(C)OC(=O)N1CCC(N2CC(C#Cc3c(-c4ccc(Oc5ccccc5)cc4)c4c(N)ncnc4n3C3CC(O)C3)C2)CC1. The number of ether oxygens (including phenoxy) is 2. The lowest BCUT2D eigenvalue weighted by Gasteiger charge is -2.45. The van der Waals surface area contributed by atoms with Crippen molar-refractivity contribution in [3.8, 4) is 34.5 Å². The van der Waals surface area contributed by atoms with Crippen LogP contribution in [-0.4, -0.2) is 79.5 Å². The molecule has 4 aromatic rings. The van der Waals surface area contributed by atoms with E-state index in [2.05, 4.69) is 31.3 Å². The predicted molar refractivity (Wildman–Crippen MR) is 181 cm³/mol. The molecular weight excluding hydrogens is 592 g/mol. The molecule has 4 heterocycles. The fraction of sp³-hybridized carbons (Fsp3) is 0.432. The van der Waals surface area contributed by atoms with Crippen molar-refractivity contribution in [1.82, 2.24) is 24.3 Å². The molecule has 2 aromatic heterocycles. The van der Waals surface area contributed by atoms with Gasteiger partial charge < -0.3 is 29.8 Å². The minimum absolute atomic E-state index is 0.0774. The summed E-state index contributed by atoms with van der Waals surface area (Å²) >= 11 is 0. The molecule has 0 spiro atoms. The van der Waals surface area contributed by atoms with E-state index in [1.165, 1.54) is 6.33 Å². The summed E-state index contributed by atoms with van der Waals surface area (Å²) in [5.41, 5.74) is 9.49. The molecule has 244 valence electrons. The van der Waals surface area contributed by atoms with E-state index in [-0.39, 0.29) is 24.2 Å². The van der Waals surface area contributed by atoms with Gasteiger partial charge in [0.1, 0.15) is 40.6 Å². The fourth-order valence-corrected chi connectivity index (χ4v) is 6.81. The largest absolute Gasteiger partial charge is 0.457 e. The maximum Gasteiger partial charge on any atom is 0.410 e. The monoisotopic (exact) mass is 634 g/mol. The molecule has 10 nitrogen and oxygen atoms in total. The third kappa shape index (κ3) is 6.51. The highest BCUT2D eigenvalue weighted by Crippen LogP contribution is 2.43. The van der Waals surface area contributed by atoms with Crippen LogP contribution < -0.4 is 10.5 Å². The molecule has 0 unspecified atom stereocenters. The first-order valence-corrected chi connectivity index (χ1v) is 16.5. The van der Waals surface area contributed by atoms with E-state index in [0.717, 1.165) is 65.3 Å². The fourth-order valence-electron chi connectivity index (χ4n) is 6.81. The Bertz CT molecular complexity index is 1800. The van der Waals surface area contributed by atoms with Crippen LogP contribution in [0, 0.1) is 17.8 Å². The molecule has 3 aliphatic rings. The second kappa shape index (κ2) is 12.5. The molecule has 3 N–H and O–H groups in total. The number of nitrogens with two attached hydrogens (primary N) is 1. The average molecular weight is 635 g/mol. The smallest absolute Gasteiger partial charge is 0.410 e. The van der Waals surface area contributed by atoms with Gasteiger partial charge in [-0.05, 0) is 82.2 Å². The third-order valence-corrected chi connectivity index (χ3v) is 9.32. The van der Waals surface area contributed by atoms with E-state index in [1.54, 1.807) is 0 Å². The number of carbonyl (C=O) groups is 1. The van der Waals surface area contributed by atoms with E-state index in [1.807, 2.05) is 80.3 Å². The van der Waals surface area contributed by atoms with E-state index >= 15 is 0 Å². The van der Waals surface area contributed by atoms with Crippen molar-refractivity contribution in [1.29, 1.82) is 0 Å². The number of para-hydroxylation sites is 1. The van der Waals surface area contributed by atoms with Crippen molar-refractivity contribution in [3.05, 3.63) is 66.6 Å². The number of anilines is 1. The Labute approximate surface area is 275 Å². The second-order valence-corrected chi connectivity index (χ2v) is 13.9. The Morgan fingerprint density at radius 2 is 1.64 bits per heavy atom. The second-order valence-electron chi connectivity index (χ2n) is 13.9. The average Bonchev–Trinajstić information content (AvgIpc) is 3.34. The van der Waals surface area contributed by atoms with Gasteiger partial charge in [-0.15, -0.1) is 0 Å². The van der Waals surface area contributed by atoms with Gasteiger partial charge in [-0.25, -0.2) is 14.8 Å². The molecule has 7 rings (SSSR count). The van der Waals surface area contributed by atoms with Gasteiger partial charge >= 0.3 is 6.09 Å². The van der Waals surface area contributed by atoms with E-state index in [0.29, 0.717) is 37.8 Å². The first-order valence-electron chi connectivity index (χ1n) is 16.5. The number of hydrogen-bond donors (Lipinski definition) is 2. The van der Waals surface area contributed by atoms with Gasteiger partial charge in [-0.2, -0.15) is 0 Å². The number of rotatable bonds is 5. The molecular formula is C37H42N6O4. The van der Waals surface area contributed by atoms with Gasteiger partial charge in [0.05, 0.1) is 11.5 Å². The van der Waals surface area contributed by atoms with Crippen LogP contribution in [0.5, 0.6) is 11.5 Å². The van der Waals surface area contributed by atoms with Crippen LogP contribution in [0.3, 0.4) is 0 Å². The lowest BCUT2D eigenvalue weighted by atomic mass is 9.89. The zero-order valence-electron chi connectivity index (χ0n) is 27.2. The predicted octanol–water partition coefficient (Wildman–Crippen LogP) is 5.85. The van der Waals surface area contributed by atoms with E-state index in [9.17, 15) is 9.90 Å². The van der Waals surface area contributed by atoms with Crippen molar-refractivity contribution < 1.29 is 19.4 Å². The first kappa shape index (κ1) is 31.0. The number of aliphatic hydroxyl groups excluding tert-OH is 1.